The van der Waals surface area contributed by atoms with Crippen molar-refractivity contribution in [1.29, 1.82) is 0 Å². The zero-order chi connectivity index (χ0) is 16.9. The third kappa shape index (κ3) is 3.55. The van der Waals surface area contributed by atoms with Gasteiger partial charge in [0.2, 0.25) is 0 Å². The van der Waals surface area contributed by atoms with Crippen LogP contribution < -0.4 is 0 Å². The predicted molar refractivity (Wildman–Crippen MR) is 95.9 cm³/mol. The first-order valence-corrected chi connectivity index (χ1v) is 8.46. The lowest BCUT2D eigenvalue weighted by atomic mass is 10.0. The van der Waals surface area contributed by atoms with Gasteiger partial charge in [-0.3, -0.25) is 0 Å². The summed E-state index contributed by atoms with van der Waals surface area (Å²) in [5, 5.41) is 18.8. The lowest BCUT2D eigenvalue weighted by Crippen LogP contribution is -1.98. The van der Waals surface area contributed by atoms with E-state index in [-0.39, 0.29) is 5.69 Å². The van der Waals surface area contributed by atoms with Gasteiger partial charge >= 0.3 is 5.97 Å². The summed E-state index contributed by atoms with van der Waals surface area (Å²) >= 11 is 1.72. The second kappa shape index (κ2) is 7.14. The van der Waals surface area contributed by atoms with Crippen LogP contribution in [0.15, 0.2) is 53.4 Å². The van der Waals surface area contributed by atoms with E-state index < -0.39 is 5.97 Å². The summed E-state index contributed by atoms with van der Waals surface area (Å²) in [5.41, 5.74) is 3.47. The first-order valence-electron chi connectivity index (χ1n) is 7.24. The van der Waals surface area contributed by atoms with Crippen LogP contribution in [0.3, 0.4) is 0 Å². The zero-order valence-electron chi connectivity index (χ0n) is 12.9. The molecule has 0 saturated heterocycles. The van der Waals surface area contributed by atoms with E-state index in [2.05, 4.69) is 45.9 Å². The molecule has 0 radical (unpaired) electrons. The number of nitrogens with zero attached hydrogens (tertiary/aromatic N) is 2. The summed E-state index contributed by atoms with van der Waals surface area (Å²) < 4.78 is 0. The molecule has 3 rings (SSSR count). The monoisotopic (exact) mass is 337 g/mol. The van der Waals surface area contributed by atoms with Gasteiger partial charge in [-0.15, -0.1) is 16.9 Å². The SMILES string of the molecule is CSc1ccc(-c2ccc(/C=C/c3n[nH]nc3C(=O)O)cc2)cc1. The molecule has 6 heteroatoms. The van der Waals surface area contributed by atoms with Crippen molar-refractivity contribution in [3.05, 3.63) is 65.5 Å². The molecule has 0 aliphatic rings. The second-order valence-corrected chi connectivity index (χ2v) is 5.93. The fourth-order valence-electron chi connectivity index (χ4n) is 2.26. The smallest absolute Gasteiger partial charge is 0.358 e. The Labute approximate surface area is 143 Å². The van der Waals surface area contributed by atoms with Crippen molar-refractivity contribution < 1.29 is 9.90 Å². The third-order valence-electron chi connectivity index (χ3n) is 3.55. The molecule has 5 nitrogen and oxygen atoms in total. The molecular weight excluding hydrogens is 322 g/mol. The minimum absolute atomic E-state index is 0.0863. The zero-order valence-corrected chi connectivity index (χ0v) is 13.7. The Bertz CT molecular complexity index is 868. The maximum atomic E-state index is 11.0. The van der Waals surface area contributed by atoms with Gasteiger partial charge in [-0.05, 0) is 41.2 Å². The Morgan fingerprint density at radius 1 is 1.00 bits per heavy atom. The minimum Gasteiger partial charge on any atom is -0.476 e. The van der Waals surface area contributed by atoms with Crippen LogP contribution in [0, 0.1) is 0 Å². The van der Waals surface area contributed by atoms with Crippen molar-refractivity contribution in [3.8, 4) is 11.1 Å². The quantitative estimate of drug-likeness (QED) is 0.686. The Balaban J connectivity index is 1.77. The third-order valence-corrected chi connectivity index (χ3v) is 4.29. The van der Waals surface area contributed by atoms with Gasteiger partial charge in [-0.25, -0.2) is 4.79 Å². The highest BCUT2D eigenvalue weighted by atomic mass is 32.2. The van der Waals surface area contributed by atoms with Gasteiger partial charge in [-0.1, -0.05) is 42.5 Å². The average molecular weight is 337 g/mol. The van der Waals surface area contributed by atoms with Gasteiger partial charge in [-0.2, -0.15) is 10.3 Å². The van der Waals surface area contributed by atoms with Crippen molar-refractivity contribution in [2.75, 3.05) is 6.26 Å². The molecular formula is C18H15N3O2S. The molecule has 2 N–H and O–H groups in total. The summed E-state index contributed by atoms with van der Waals surface area (Å²) in [7, 11) is 0. The van der Waals surface area contributed by atoms with E-state index in [1.54, 1.807) is 17.8 Å². The van der Waals surface area contributed by atoms with E-state index >= 15 is 0 Å². The molecule has 1 heterocycles. The largest absolute Gasteiger partial charge is 0.476 e. The summed E-state index contributed by atoms with van der Waals surface area (Å²) in [4.78, 5) is 12.2. The van der Waals surface area contributed by atoms with Gasteiger partial charge in [0.15, 0.2) is 5.69 Å². The summed E-state index contributed by atoms with van der Waals surface area (Å²) in [6.45, 7) is 0. The van der Waals surface area contributed by atoms with Crippen LogP contribution >= 0.6 is 11.8 Å². The highest BCUT2D eigenvalue weighted by molar-refractivity contribution is 7.98. The van der Waals surface area contributed by atoms with Gasteiger partial charge < -0.3 is 5.11 Å². The number of carbonyl (C=O) groups is 1. The normalized spacial score (nSPS) is 11.0. The van der Waals surface area contributed by atoms with Crippen LogP contribution in [0.25, 0.3) is 23.3 Å². The molecule has 3 aromatic rings. The van der Waals surface area contributed by atoms with Crippen LogP contribution in [0.5, 0.6) is 0 Å². The Morgan fingerprint density at radius 3 is 2.21 bits per heavy atom. The first-order chi connectivity index (χ1) is 11.7. The maximum Gasteiger partial charge on any atom is 0.358 e. The van der Waals surface area contributed by atoms with Gasteiger partial charge in [0.05, 0.1) is 0 Å². The molecule has 0 amide bonds. The van der Waals surface area contributed by atoms with Crippen molar-refractivity contribution in [2.45, 2.75) is 4.90 Å². The summed E-state index contributed by atoms with van der Waals surface area (Å²) in [5.74, 6) is -1.10. The average Bonchev–Trinajstić information content (AvgIpc) is 3.09. The number of hydrogen-bond acceptors (Lipinski definition) is 4. The number of aromatic nitrogens is 3. The molecule has 120 valence electrons. The second-order valence-electron chi connectivity index (χ2n) is 5.05. The van der Waals surface area contributed by atoms with Gasteiger partial charge in [0, 0.05) is 4.90 Å². The van der Waals surface area contributed by atoms with E-state index in [9.17, 15) is 4.79 Å². The summed E-state index contributed by atoms with van der Waals surface area (Å²) in [6, 6.07) is 16.4. The van der Waals surface area contributed by atoms with Crippen molar-refractivity contribution in [1.82, 2.24) is 15.4 Å². The lowest BCUT2D eigenvalue weighted by molar-refractivity contribution is 0.0690. The highest BCUT2D eigenvalue weighted by Crippen LogP contribution is 2.23. The van der Waals surface area contributed by atoms with E-state index in [1.165, 1.54) is 4.90 Å². The van der Waals surface area contributed by atoms with Crippen LogP contribution in [-0.4, -0.2) is 32.7 Å². The number of carboxylic acids is 1. The van der Waals surface area contributed by atoms with Crippen LogP contribution in [-0.2, 0) is 0 Å². The standard InChI is InChI=1S/C18H15N3O2S/c1-24-15-9-7-14(8-10-15)13-5-2-12(3-6-13)4-11-16-17(18(22)23)20-21-19-16/h2-11H,1H3,(H,22,23)(H,19,20,21)/b11-4+. The minimum atomic E-state index is -1.10. The lowest BCUT2D eigenvalue weighted by Gasteiger charge is -2.03. The number of nitrogens with one attached hydrogen (secondary N) is 1. The number of aromatic amines is 1. The molecule has 0 saturated carbocycles. The topological polar surface area (TPSA) is 78.9 Å². The first kappa shape index (κ1) is 16.0. The molecule has 0 spiro atoms. The predicted octanol–water partition coefficient (Wildman–Crippen LogP) is 4.06. The van der Waals surface area contributed by atoms with Crippen LogP contribution in [0.2, 0.25) is 0 Å². The molecule has 24 heavy (non-hydrogen) atoms. The summed E-state index contributed by atoms with van der Waals surface area (Å²) in [6.07, 6.45) is 5.50. The van der Waals surface area contributed by atoms with E-state index in [4.69, 9.17) is 5.11 Å². The van der Waals surface area contributed by atoms with Crippen LogP contribution in [0.1, 0.15) is 21.7 Å². The number of H-pyrrole nitrogens is 1. The van der Waals surface area contributed by atoms with Gasteiger partial charge in [0.25, 0.3) is 0 Å². The highest BCUT2D eigenvalue weighted by Gasteiger charge is 2.12. The van der Waals surface area contributed by atoms with E-state index in [1.807, 2.05) is 30.3 Å². The molecule has 0 bridgehead atoms. The number of carboxylic acid groups (broad SMARTS) is 1. The molecule has 0 aliphatic carbocycles. The van der Waals surface area contributed by atoms with Crippen molar-refractivity contribution in [3.63, 3.8) is 0 Å². The number of aromatic carboxylic acids is 1. The molecule has 0 fully saturated rings. The molecule has 2 aromatic carbocycles. The van der Waals surface area contributed by atoms with Gasteiger partial charge in [0.1, 0.15) is 5.69 Å². The fraction of sp³-hybridized carbons (Fsp3) is 0.0556. The number of rotatable bonds is 5. The molecule has 0 atom stereocenters. The number of benzene rings is 2. The van der Waals surface area contributed by atoms with E-state index in [0.29, 0.717) is 5.69 Å². The van der Waals surface area contributed by atoms with Crippen molar-refractivity contribution in [2.24, 2.45) is 0 Å². The fourth-order valence-corrected chi connectivity index (χ4v) is 2.67. The van der Waals surface area contributed by atoms with Crippen molar-refractivity contribution >= 4 is 29.9 Å². The number of thioether (sulfide) groups is 1. The number of hydrogen-bond donors (Lipinski definition) is 2. The Kier molecular flexibility index (Phi) is 4.77. The van der Waals surface area contributed by atoms with E-state index in [0.717, 1.165) is 16.7 Å². The molecule has 0 aliphatic heterocycles. The molecule has 0 unspecified atom stereocenters. The van der Waals surface area contributed by atoms with Crippen LogP contribution in [0.4, 0.5) is 0 Å². The maximum absolute atomic E-state index is 11.0. The molecule has 1 aromatic heterocycles. The Hall–Kier alpha value is -2.86. The Morgan fingerprint density at radius 2 is 1.62 bits per heavy atom.